The lowest BCUT2D eigenvalue weighted by Crippen LogP contribution is -2.33. The van der Waals surface area contributed by atoms with E-state index in [0.29, 0.717) is 10.6 Å². The molecule has 4 rings (SSSR count). The van der Waals surface area contributed by atoms with Crippen LogP contribution in [0.5, 0.6) is 0 Å². The van der Waals surface area contributed by atoms with Crippen molar-refractivity contribution in [1.82, 2.24) is 20.2 Å². The number of benzene rings is 2. The lowest BCUT2D eigenvalue weighted by molar-refractivity contribution is -0.138. The van der Waals surface area contributed by atoms with Gasteiger partial charge in [0.05, 0.1) is 12.2 Å². The van der Waals surface area contributed by atoms with Gasteiger partial charge in [-0.15, -0.1) is 0 Å². The second-order valence-electron chi connectivity index (χ2n) is 6.23. The number of hydrogen-bond acceptors (Lipinski definition) is 7. The van der Waals surface area contributed by atoms with Gasteiger partial charge in [0.15, 0.2) is 5.78 Å². The Morgan fingerprint density at radius 2 is 1.86 bits per heavy atom. The van der Waals surface area contributed by atoms with Crippen LogP contribution in [-0.2, 0) is 9.53 Å². The second-order valence-corrected chi connectivity index (χ2v) is 6.67. The molecule has 1 aromatic heterocycles. The summed E-state index contributed by atoms with van der Waals surface area (Å²) in [5.74, 6) is -0.762. The Kier molecular flexibility index (Phi) is 5.09. The van der Waals surface area contributed by atoms with Crippen molar-refractivity contribution < 1.29 is 14.3 Å². The van der Waals surface area contributed by atoms with Crippen molar-refractivity contribution in [2.75, 3.05) is 11.9 Å². The van der Waals surface area contributed by atoms with Crippen LogP contribution >= 0.6 is 11.6 Å². The number of carbonyl (C=O) groups is 2. The van der Waals surface area contributed by atoms with Crippen molar-refractivity contribution >= 4 is 29.3 Å². The van der Waals surface area contributed by atoms with E-state index < -0.39 is 12.0 Å². The zero-order valence-electron chi connectivity index (χ0n) is 15.4. The Hall–Kier alpha value is -3.52. The van der Waals surface area contributed by atoms with E-state index in [1.165, 1.54) is 4.68 Å². The summed E-state index contributed by atoms with van der Waals surface area (Å²) in [7, 11) is 0. The number of carbonyl (C=O) groups excluding carboxylic acids is 2. The minimum atomic E-state index is -0.704. The molecule has 0 radical (unpaired) electrons. The van der Waals surface area contributed by atoms with Crippen LogP contribution in [0.1, 0.15) is 28.9 Å². The van der Waals surface area contributed by atoms with E-state index in [4.69, 9.17) is 16.3 Å². The summed E-state index contributed by atoms with van der Waals surface area (Å²) >= 11 is 5.96. The molecule has 0 fully saturated rings. The predicted octanol–water partition coefficient (Wildman–Crippen LogP) is 3.04. The normalized spacial score (nSPS) is 15.4. The third kappa shape index (κ3) is 3.50. The van der Waals surface area contributed by atoms with Gasteiger partial charge >= 0.3 is 5.97 Å². The van der Waals surface area contributed by atoms with Gasteiger partial charge in [-0.25, -0.2) is 4.79 Å². The maximum absolute atomic E-state index is 13.5. The van der Waals surface area contributed by atoms with E-state index in [9.17, 15) is 9.59 Å². The van der Waals surface area contributed by atoms with Crippen molar-refractivity contribution in [3.8, 4) is 0 Å². The number of esters is 1. The molecule has 2 aromatic carbocycles. The molecule has 29 heavy (non-hydrogen) atoms. The van der Waals surface area contributed by atoms with Crippen molar-refractivity contribution in [3.05, 3.63) is 82.0 Å². The number of anilines is 1. The first kappa shape index (κ1) is 18.8. The molecule has 0 saturated heterocycles. The maximum Gasteiger partial charge on any atom is 0.355 e. The van der Waals surface area contributed by atoms with E-state index in [-0.39, 0.29) is 29.6 Å². The fraction of sp³-hybridized carbons (Fsp3) is 0.150. The molecule has 146 valence electrons. The first-order valence-corrected chi connectivity index (χ1v) is 9.29. The number of halogens is 1. The number of nitrogens with zero attached hydrogens (tertiary/aromatic N) is 4. The van der Waals surface area contributed by atoms with Gasteiger partial charge in [0, 0.05) is 10.6 Å². The first-order chi connectivity index (χ1) is 14.1. The zero-order valence-corrected chi connectivity index (χ0v) is 16.1. The number of allylic oxidation sites excluding steroid dienone is 1. The molecule has 1 aliphatic heterocycles. The monoisotopic (exact) mass is 409 g/mol. The number of hydrogen-bond donors (Lipinski definition) is 1. The Morgan fingerprint density at radius 3 is 2.55 bits per heavy atom. The Labute approximate surface area is 171 Å². The minimum Gasteiger partial charge on any atom is -0.461 e. The highest BCUT2D eigenvalue weighted by molar-refractivity contribution is 6.30. The van der Waals surface area contributed by atoms with Crippen LogP contribution in [0.15, 0.2) is 65.9 Å². The van der Waals surface area contributed by atoms with Crippen LogP contribution in [0.3, 0.4) is 0 Å². The highest BCUT2D eigenvalue weighted by atomic mass is 35.5. The molecule has 0 saturated carbocycles. The lowest BCUT2D eigenvalue weighted by Gasteiger charge is -2.28. The van der Waals surface area contributed by atoms with Crippen molar-refractivity contribution in [2.24, 2.45) is 0 Å². The third-order valence-electron chi connectivity index (χ3n) is 4.46. The standard InChI is InChI=1S/C20H16ClN5O3/c1-2-29-19(28)16-15(18(27)13-8-10-14(21)11-9-13)17(12-6-4-3-5-7-12)26-20(22-16)23-24-25-26/h3-11,17H,2H2,1H3,(H,22,23,25)/t17-/m1/s1. The molecule has 1 aliphatic rings. The van der Waals surface area contributed by atoms with E-state index in [1.807, 2.05) is 30.3 Å². The number of nitrogens with one attached hydrogen (secondary N) is 1. The summed E-state index contributed by atoms with van der Waals surface area (Å²) in [5.41, 5.74) is 1.34. The number of Topliss-reactive ketones (excluding diaryl/α,β-unsaturated/α-hetero) is 1. The van der Waals surface area contributed by atoms with Crippen LogP contribution in [0.4, 0.5) is 5.95 Å². The van der Waals surface area contributed by atoms with E-state index in [2.05, 4.69) is 20.8 Å². The number of ketones is 1. The predicted molar refractivity (Wildman–Crippen MR) is 105 cm³/mol. The van der Waals surface area contributed by atoms with Gasteiger partial charge in [0.2, 0.25) is 5.95 Å². The van der Waals surface area contributed by atoms with Gasteiger partial charge in [-0.2, -0.15) is 4.68 Å². The van der Waals surface area contributed by atoms with Gasteiger partial charge in [-0.3, -0.25) is 4.79 Å². The summed E-state index contributed by atoms with van der Waals surface area (Å²) in [4.78, 5) is 26.2. The summed E-state index contributed by atoms with van der Waals surface area (Å²) < 4.78 is 6.66. The summed E-state index contributed by atoms with van der Waals surface area (Å²) in [6.45, 7) is 1.86. The molecule has 8 nitrogen and oxygen atoms in total. The van der Waals surface area contributed by atoms with Crippen LogP contribution < -0.4 is 5.32 Å². The van der Waals surface area contributed by atoms with Crippen LogP contribution in [0.2, 0.25) is 5.02 Å². The van der Waals surface area contributed by atoms with Gasteiger partial charge < -0.3 is 10.1 Å². The van der Waals surface area contributed by atoms with Gasteiger partial charge in [-0.1, -0.05) is 47.0 Å². The molecule has 0 spiro atoms. The Morgan fingerprint density at radius 1 is 1.14 bits per heavy atom. The first-order valence-electron chi connectivity index (χ1n) is 8.91. The lowest BCUT2D eigenvalue weighted by atomic mass is 9.89. The van der Waals surface area contributed by atoms with Crippen molar-refractivity contribution in [2.45, 2.75) is 13.0 Å². The third-order valence-corrected chi connectivity index (χ3v) is 4.71. The van der Waals surface area contributed by atoms with E-state index in [0.717, 1.165) is 5.56 Å². The summed E-state index contributed by atoms with van der Waals surface area (Å²) in [6, 6.07) is 15.0. The average Bonchev–Trinajstić information content (AvgIpc) is 3.21. The fourth-order valence-corrected chi connectivity index (χ4v) is 3.32. The molecule has 0 aliphatic carbocycles. The molecule has 0 amide bonds. The number of tetrazole rings is 1. The van der Waals surface area contributed by atoms with Crippen LogP contribution in [0, 0.1) is 0 Å². The van der Waals surface area contributed by atoms with Gasteiger partial charge in [0.25, 0.3) is 0 Å². The largest absolute Gasteiger partial charge is 0.461 e. The quantitative estimate of drug-likeness (QED) is 0.510. The SMILES string of the molecule is CCOC(=O)C1=C(C(=O)c2ccc(Cl)cc2)[C@@H](c2ccccc2)n2nnnc2N1. The molecule has 0 bridgehead atoms. The Balaban J connectivity index is 1.93. The molecule has 3 aromatic rings. The second kappa shape index (κ2) is 7.84. The molecule has 9 heteroatoms. The summed E-state index contributed by atoms with van der Waals surface area (Å²) in [6.07, 6.45) is 0. The number of rotatable bonds is 5. The summed E-state index contributed by atoms with van der Waals surface area (Å²) in [5, 5.41) is 15.0. The van der Waals surface area contributed by atoms with Crippen molar-refractivity contribution in [1.29, 1.82) is 0 Å². The highest BCUT2D eigenvalue weighted by Crippen LogP contribution is 2.36. The molecule has 2 heterocycles. The number of ether oxygens (including phenoxy) is 1. The fourth-order valence-electron chi connectivity index (χ4n) is 3.19. The Bertz CT molecular complexity index is 1090. The van der Waals surface area contributed by atoms with E-state index in [1.54, 1.807) is 31.2 Å². The average molecular weight is 410 g/mol. The van der Waals surface area contributed by atoms with Gasteiger partial charge in [0.1, 0.15) is 11.7 Å². The number of aromatic nitrogens is 4. The molecular weight excluding hydrogens is 394 g/mol. The minimum absolute atomic E-state index is 0.0166. The van der Waals surface area contributed by atoms with Crippen molar-refractivity contribution in [3.63, 3.8) is 0 Å². The molecule has 1 atom stereocenters. The highest BCUT2D eigenvalue weighted by Gasteiger charge is 2.38. The topological polar surface area (TPSA) is 99.0 Å². The molecular formula is C20H16ClN5O3. The van der Waals surface area contributed by atoms with Gasteiger partial charge in [-0.05, 0) is 47.2 Å². The maximum atomic E-state index is 13.5. The number of fused-ring (bicyclic) bond motifs is 1. The van der Waals surface area contributed by atoms with E-state index >= 15 is 0 Å². The molecule has 1 N–H and O–H groups in total. The van der Waals surface area contributed by atoms with Crippen LogP contribution in [-0.4, -0.2) is 38.6 Å². The molecule has 0 unspecified atom stereocenters. The smallest absolute Gasteiger partial charge is 0.355 e. The van der Waals surface area contributed by atoms with Crippen LogP contribution in [0.25, 0.3) is 0 Å². The zero-order chi connectivity index (χ0) is 20.4.